The van der Waals surface area contributed by atoms with Gasteiger partial charge in [0, 0.05) is 20.3 Å². The van der Waals surface area contributed by atoms with Gasteiger partial charge in [-0.1, -0.05) is 0 Å². The molecule has 0 aliphatic heterocycles. The number of aromatic nitrogens is 2. The van der Waals surface area contributed by atoms with E-state index in [9.17, 15) is 0 Å². The van der Waals surface area contributed by atoms with Crippen molar-refractivity contribution in [1.29, 1.82) is 0 Å². The third-order valence-electron chi connectivity index (χ3n) is 1.20. The van der Waals surface area contributed by atoms with Gasteiger partial charge in [0.25, 0.3) is 0 Å². The van der Waals surface area contributed by atoms with Crippen LogP contribution in [0, 0.1) is 3.57 Å². The molecular weight excluding hydrogens is 255 g/mol. The molecule has 1 heterocycles. The summed E-state index contributed by atoms with van der Waals surface area (Å²) in [5, 5.41) is 5.83. The quantitative estimate of drug-likeness (QED) is 0.787. The van der Waals surface area contributed by atoms with Crippen LogP contribution >= 0.6 is 22.6 Å². The van der Waals surface area contributed by atoms with E-state index < -0.39 is 0 Å². The molecule has 0 amide bonds. The minimum Gasteiger partial charge on any atom is -0.372 e. The molecule has 0 aliphatic rings. The first-order valence-electron chi connectivity index (χ1n) is 3.16. The predicted octanol–water partition coefficient (Wildman–Crippen LogP) is 1.16. The molecule has 0 aliphatic carbocycles. The molecule has 0 unspecified atom stereocenters. The standard InChI is InChI=1S/C6H9IN4/c1-8-5-4(7)3-10-6(9-2)11-5/h3H,1-2H3,(H2,8,9,10,11). The van der Waals surface area contributed by atoms with Crippen LogP contribution < -0.4 is 10.6 Å². The summed E-state index contributed by atoms with van der Waals surface area (Å²) in [6, 6.07) is 0. The van der Waals surface area contributed by atoms with E-state index in [1.54, 1.807) is 13.2 Å². The summed E-state index contributed by atoms with van der Waals surface area (Å²) < 4.78 is 1.02. The molecule has 4 nitrogen and oxygen atoms in total. The van der Waals surface area contributed by atoms with Gasteiger partial charge < -0.3 is 10.6 Å². The summed E-state index contributed by atoms with van der Waals surface area (Å²) in [5.41, 5.74) is 0. The van der Waals surface area contributed by atoms with Crippen molar-refractivity contribution in [1.82, 2.24) is 9.97 Å². The smallest absolute Gasteiger partial charge is 0.224 e. The Hall–Kier alpha value is -0.590. The van der Waals surface area contributed by atoms with Gasteiger partial charge in [0.05, 0.1) is 3.57 Å². The molecule has 0 saturated heterocycles. The fourth-order valence-electron chi connectivity index (χ4n) is 0.663. The lowest BCUT2D eigenvalue weighted by molar-refractivity contribution is 1.13. The number of nitrogens with one attached hydrogen (secondary N) is 2. The molecule has 0 radical (unpaired) electrons. The fraction of sp³-hybridized carbons (Fsp3) is 0.333. The molecule has 1 aromatic heterocycles. The number of hydrogen-bond acceptors (Lipinski definition) is 4. The van der Waals surface area contributed by atoms with Gasteiger partial charge in [-0.3, -0.25) is 0 Å². The summed E-state index contributed by atoms with van der Waals surface area (Å²) in [4.78, 5) is 8.20. The Labute approximate surface area is 79.0 Å². The second-order valence-corrected chi connectivity index (χ2v) is 3.05. The van der Waals surface area contributed by atoms with Crippen LogP contribution in [0.5, 0.6) is 0 Å². The lowest BCUT2D eigenvalue weighted by Crippen LogP contribution is -2.01. The van der Waals surface area contributed by atoms with E-state index in [1.165, 1.54) is 0 Å². The fourth-order valence-corrected chi connectivity index (χ4v) is 1.19. The van der Waals surface area contributed by atoms with Crippen LogP contribution in [0.25, 0.3) is 0 Å². The van der Waals surface area contributed by atoms with E-state index in [2.05, 4.69) is 43.2 Å². The van der Waals surface area contributed by atoms with Gasteiger partial charge in [0.15, 0.2) is 0 Å². The molecule has 1 aromatic rings. The van der Waals surface area contributed by atoms with E-state index in [4.69, 9.17) is 0 Å². The summed E-state index contributed by atoms with van der Waals surface area (Å²) >= 11 is 2.18. The van der Waals surface area contributed by atoms with Crippen LogP contribution in [0.2, 0.25) is 0 Å². The third kappa shape index (κ3) is 1.92. The summed E-state index contributed by atoms with van der Waals surface area (Å²) in [5.74, 6) is 1.49. The average molecular weight is 264 g/mol. The van der Waals surface area contributed by atoms with Crippen molar-refractivity contribution >= 4 is 34.4 Å². The van der Waals surface area contributed by atoms with Crippen molar-refractivity contribution in [2.75, 3.05) is 24.7 Å². The van der Waals surface area contributed by atoms with Crippen molar-refractivity contribution in [2.45, 2.75) is 0 Å². The average Bonchev–Trinajstić information content (AvgIpc) is 2.05. The Morgan fingerprint density at radius 2 is 2.09 bits per heavy atom. The molecule has 11 heavy (non-hydrogen) atoms. The molecule has 0 bridgehead atoms. The zero-order valence-corrected chi connectivity index (χ0v) is 8.51. The first-order valence-corrected chi connectivity index (χ1v) is 4.24. The van der Waals surface area contributed by atoms with Gasteiger partial charge in [-0.15, -0.1) is 0 Å². The molecular formula is C6H9IN4. The summed E-state index contributed by atoms with van der Waals surface area (Å²) in [6.45, 7) is 0. The van der Waals surface area contributed by atoms with Crippen molar-refractivity contribution in [3.63, 3.8) is 0 Å². The molecule has 2 N–H and O–H groups in total. The summed E-state index contributed by atoms with van der Waals surface area (Å²) in [6.07, 6.45) is 1.77. The van der Waals surface area contributed by atoms with E-state index in [1.807, 2.05) is 7.05 Å². The Morgan fingerprint density at radius 1 is 1.36 bits per heavy atom. The SMILES string of the molecule is CNc1ncc(I)c(NC)n1. The highest BCUT2D eigenvalue weighted by molar-refractivity contribution is 14.1. The zero-order valence-electron chi connectivity index (χ0n) is 6.35. The Kier molecular flexibility index (Phi) is 2.86. The predicted molar refractivity (Wildman–Crippen MR) is 53.8 cm³/mol. The van der Waals surface area contributed by atoms with E-state index >= 15 is 0 Å². The minimum atomic E-state index is 0.634. The van der Waals surface area contributed by atoms with Crippen LogP contribution in [0.15, 0.2) is 6.20 Å². The van der Waals surface area contributed by atoms with Crippen molar-refractivity contribution in [3.05, 3.63) is 9.77 Å². The largest absolute Gasteiger partial charge is 0.372 e. The van der Waals surface area contributed by atoms with Crippen LogP contribution in [0.4, 0.5) is 11.8 Å². The van der Waals surface area contributed by atoms with Crippen LogP contribution in [0.1, 0.15) is 0 Å². The zero-order chi connectivity index (χ0) is 8.27. The van der Waals surface area contributed by atoms with Crippen molar-refractivity contribution < 1.29 is 0 Å². The van der Waals surface area contributed by atoms with E-state index in [-0.39, 0.29) is 0 Å². The number of rotatable bonds is 2. The lowest BCUT2D eigenvalue weighted by Gasteiger charge is -2.03. The number of hydrogen-bond donors (Lipinski definition) is 2. The second-order valence-electron chi connectivity index (χ2n) is 1.89. The molecule has 0 spiro atoms. The first-order chi connectivity index (χ1) is 5.27. The highest BCUT2D eigenvalue weighted by atomic mass is 127. The van der Waals surface area contributed by atoms with Gasteiger partial charge in [-0.05, 0) is 22.6 Å². The van der Waals surface area contributed by atoms with Gasteiger partial charge >= 0.3 is 0 Å². The Morgan fingerprint density at radius 3 is 2.64 bits per heavy atom. The van der Waals surface area contributed by atoms with Gasteiger partial charge in [0.1, 0.15) is 5.82 Å². The molecule has 0 saturated carbocycles. The van der Waals surface area contributed by atoms with Crippen LogP contribution in [-0.4, -0.2) is 24.1 Å². The highest BCUT2D eigenvalue weighted by Crippen LogP contribution is 2.14. The van der Waals surface area contributed by atoms with Gasteiger partial charge in [-0.25, -0.2) is 4.98 Å². The molecule has 0 fully saturated rings. The Balaban J connectivity index is 3.02. The number of nitrogens with zero attached hydrogens (tertiary/aromatic N) is 2. The highest BCUT2D eigenvalue weighted by Gasteiger charge is 1.99. The normalized spacial score (nSPS) is 9.36. The Bertz CT molecular complexity index is 250. The molecule has 0 atom stereocenters. The van der Waals surface area contributed by atoms with Gasteiger partial charge in [0.2, 0.25) is 5.95 Å². The summed E-state index contributed by atoms with van der Waals surface area (Å²) in [7, 11) is 3.63. The third-order valence-corrected chi connectivity index (χ3v) is 1.99. The lowest BCUT2D eigenvalue weighted by atomic mass is 10.6. The maximum atomic E-state index is 4.17. The molecule has 60 valence electrons. The first kappa shape index (κ1) is 8.51. The molecule has 5 heteroatoms. The number of halogens is 1. The maximum Gasteiger partial charge on any atom is 0.224 e. The molecule has 1 rings (SSSR count). The van der Waals surface area contributed by atoms with Crippen LogP contribution in [-0.2, 0) is 0 Å². The monoisotopic (exact) mass is 264 g/mol. The topological polar surface area (TPSA) is 49.8 Å². The molecule has 0 aromatic carbocycles. The number of anilines is 2. The van der Waals surface area contributed by atoms with Gasteiger partial charge in [-0.2, -0.15) is 4.98 Å². The van der Waals surface area contributed by atoms with Crippen LogP contribution in [0.3, 0.4) is 0 Å². The minimum absolute atomic E-state index is 0.634. The van der Waals surface area contributed by atoms with Crippen molar-refractivity contribution in [2.24, 2.45) is 0 Å². The van der Waals surface area contributed by atoms with Crippen molar-refractivity contribution in [3.8, 4) is 0 Å². The van der Waals surface area contributed by atoms with E-state index in [0.29, 0.717) is 5.95 Å². The maximum absolute atomic E-state index is 4.17. The second kappa shape index (κ2) is 3.70. The van der Waals surface area contributed by atoms with E-state index in [0.717, 1.165) is 9.39 Å².